The normalized spacial score (nSPS) is 10.5. The standard InChI is InChI=1S/C13H13NO4/c1-2-18-13(17)10-7-14(8-12(15)16)11-6-4-3-5-9(10)11/h3-7H,2,8H2,1H3,(H,15,16). The van der Waals surface area contributed by atoms with Gasteiger partial charge in [0, 0.05) is 17.1 Å². The first-order valence-corrected chi connectivity index (χ1v) is 5.60. The fourth-order valence-electron chi connectivity index (χ4n) is 1.89. The Morgan fingerprint density at radius 1 is 1.33 bits per heavy atom. The number of hydrogen-bond acceptors (Lipinski definition) is 3. The Hall–Kier alpha value is -2.30. The highest BCUT2D eigenvalue weighted by molar-refractivity contribution is 6.04. The van der Waals surface area contributed by atoms with Gasteiger partial charge in [-0.2, -0.15) is 0 Å². The molecular formula is C13H13NO4. The molecule has 0 aliphatic heterocycles. The molecule has 1 aromatic heterocycles. The van der Waals surface area contributed by atoms with Crippen molar-refractivity contribution in [3.05, 3.63) is 36.0 Å². The van der Waals surface area contributed by atoms with E-state index in [2.05, 4.69) is 0 Å². The van der Waals surface area contributed by atoms with Gasteiger partial charge in [0.1, 0.15) is 6.54 Å². The summed E-state index contributed by atoms with van der Waals surface area (Å²) >= 11 is 0. The lowest BCUT2D eigenvalue weighted by atomic mass is 10.2. The number of carboxylic acids is 1. The van der Waals surface area contributed by atoms with Gasteiger partial charge >= 0.3 is 11.9 Å². The second-order valence-electron chi connectivity index (χ2n) is 3.80. The van der Waals surface area contributed by atoms with Gasteiger partial charge in [-0.25, -0.2) is 4.79 Å². The van der Waals surface area contributed by atoms with Crippen molar-refractivity contribution in [1.29, 1.82) is 0 Å². The number of aliphatic carboxylic acids is 1. The van der Waals surface area contributed by atoms with Crippen molar-refractivity contribution < 1.29 is 19.4 Å². The second-order valence-corrected chi connectivity index (χ2v) is 3.80. The van der Waals surface area contributed by atoms with Crippen LogP contribution in [0.1, 0.15) is 17.3 Å². The van der Waals surface area contributed by atoms with Crippen LogP contribution in [-0.2, 0) is 16.1 Å². The molecule has 0 spiro atoms. The van der Waals surface area contributed by atoms with Crippen molar-refractivity contribution in [3.63, 3.8) is 0 Å². The monoisotopic (exact) mass is 247 g/mol. The molecule has 0 amide bonds. The van der Waals surface area contributed by atoms with Crippen molar-refractivity contribution in [3.8, 4) is 0 Å². The summed E-state index contributed by atoms with van der Waals surface area (Å²) in [5, 5.41) is 9.55. The van der Waals surface area contributed by atoms with Gasteiger partial charge in [0.25, 0.3) is 0 Å². The van der Waals surface area contributed by atoms with E-state index in [4.69, 9.17) is 9.84 Å². The van der Waals surface area contributed by atoms with E-state index in [1.165, 1.54) is 10.8 Å². The molecular weight excluding hydrogens is 234 g/mol. The first kappa shape index (κ1) is 12.2. The Labute approximate surface area is 104 Å². The maximum absolute atomic E-state index is 11.8. The number of ether oxygens (including phenoxy) is 1. The lowest BCUT2D eigenvalue weighted by molar-refractivity contribution is -0.137. The molecule has 0 saturated heterocycles. The van der Waals surface area contributed by atoms with Crippen molar-refractivity contribution in [2.75, 3.05) is 6.61 Å². The number of carbonyl (C=O) groups is 2. The van der Waals surface area contributed by atoms with Crippen LogP contribution in [-0.4, -0.2) is 28.2 Å². The van der Waals surface area contributed by atoms with Crippen LogP contribution in [0.3, 0.4) is 0 Å². The Morgan fingerprint density at radius 3 is 2.72 bits per heavy atom. The van der Waals surface area contributed by atoms with Gasteiger partial charge in [-0.15, -0.1) is 0 Å². The number of rotatable bonds is 4. The summed E-state index contributed by atoms with van der Waals surface area (Å²) in [5.41, 5.74) is 1.11. The molecule has 18 heavy (non-hydrogen) atoms. The number of para-hydroxylation sites is 1. The van der Waals surface area contributed by atoms with Crippen molar-refractivity contribution in [2.24, 2.45) is 0 Å². The Morgan fingerprint density at radius 2 is 2.06 bits per heavy atom. The van der Waals surface area contributed by atoms with E-state index in [9.17, 15) is 9.59 Å². The molecule has 1 aromatic carbocycles. The van der Waals surface area contributed by atoms with Crippen LogP contribution in [0.5, 0.6) is 0 Å². The van der Waals surface area contributed by atoms with Crippen LogP contribution in [0, 0.1) is 0 Å². The highest BCUT2D eigenvalue weighted by Gasteiger charge is 2.16. The number of nitrogens with zero attached hydrogens (tertiary/aromatic N) is 1. The Kier molecular flexibility index (Phi) is 3.32. The van der Waals surface area contributed by atoms with Gasteiger partial charge in [0.05, 0.1) is 12.2 Å². The predicted molar refractivity (Wildman–Crippen MR) is 65.5 cm³/mol. The second kappa shape index (κ2) is 4.91. The van der Waals surface area contributed by atoms with E-state index < -0.39 is 11.9 Å². The van der Waals surface area contributed by atoms with Crippen molar-refractivity contribution >= 4 is 22.8 Å². The Bertz CT molecular complexity index is 600. The number of aromatic nitrogens is 1. The minimum Gasteiger partial charge on any atom is -0.480 e. The van der Waals surface area contributed by atoms with Crippen LogP contribution >= 0.6 is 0 Å². The van der Waals surface area contributed by atoms with Gasteiger partial charge in [-0.05, 0) is 13.0 Å². The third-order valence-electron chi connectivity index (χ3n) is 2.59. The molecule has 0 saturated carbocycles. The molecule has 0 fully saturated rings. The number of esters is 1. The summed E-state index contributed by atoms with van der Waals surface area (Å²) in [5.74, 6) is -1.39. The van der Waals surface area contributed by atoms with Crippen LogP contribution < -0.4 is 0 Å². The van der Waals surface area contributed by atoms with Gasteiger partial charge < -0.3 is 14.4 Å². The molecule has 1 N–H and O–H groups in total. The topological polar surface area (TPSA) is 68.5 Å². The largest absolute Gasteiger partial charge is 0.480 e. The van der Waals surface area contributed by atoms with E-state index in [0.717, 1.165) is 0 Å². The van der Waals surface area contributed by atoms with Gasteiger partial charge in [-0.1, -0.05) is 18.2 Å². The van der Waals surface area contributed by atoms with Gasteiger partial charge in [0.15, 0.2) is 0 Å². The molecule has 5 nitrogen and oxygen atoms in total. The number of benzene rings is 1. The number of fused-ring (bicyclic) bond motifs is 1. The predicted octanol–water partition coefficient (Wildman–Crippen LogP) is 1.90. The Balaban J connectivity index is 2.53. The van der Waals surface area contributed by atoms with E-state index >= 15 is 0 Å². The highest BCUT2D eigenvalue weighted by atomic mass is 16.5. The SMILES string of the molecule is CCOC(=O)c1cn(CC(=O)O)c2ccccc12. The number of carbonyl (C=O) groups excluding carboxylic acids is 1. The molecule has 0 aliphatic rings. The summed E-state index contributed by atoms with van der Waals surface area (Å²) in [6.45, 7) is 1.84. The maximum atomic E-state index is 11.8. The van der Waals surface area contributed by atoms with Gasteiger partial charge in [0.2, 0.25) is 0 Å². The van der Waals surface area contributed by atoms with Crippen molar-refractivity contribution in [1.82, 2.24) is 4.57 Å². The summed E-state index contributed by atoms with van der Waals surface area (Å²) in [6.07, 6.45) is 1.52. The lowest BCUT2D eigenvalue weighted by Gasteiger charge is -1.99. The quantitative estimate of drug-likeness (QED) is 0.838. The number of carboxylic acid groups (broad SMARTS) is 1. The third kappa shape index (κ3) is 2.20. The maximum Gasteiger partial charge on any atom is 0.340 e. The minimum atomic E-state index is -0.953. The van der Waals surface area contributed by atoms with Crippen LogP contribution in [0.25, 0.3) is 10.9 Å². The summed E-state index contributed by atoms with van der Waals surface area (Å²) in [4.78, 5) is 22.6. The smallest absolute Gasteiger partial charge is 0.340 e. The molecule has 0 aliphatic carbocycles. The molecule has 2 rings (SSSR count). The molecule has 5 heteroatoms. The van der Waals surface area contributed by atoms with E-state index in [1.807, 2.05) is 0 Å². The fourth-order valence-corrected chi connectivity index (χ4v) is 1.89. The van der Waals surface area contributed by atoms with Crippen molar-refractivity contribution in [2.45, 2.75) is 13.5 Å². The molecule has 0 unspecified atom stereocenters. The molecule has 0 atom stereocenters. The molecule has 94 valence electrons. The average Bonchev–Trinajstić information content (AvgIpc) is 2.68. The molecule has 0 radical (unpaired) electrons. The van der Waals surface area contributed by atoms with Crippen LogP contribution in [0.2, 0.25) is 0 Å². The third-order valence-corrected chi connectivity index (χ3v) is 2.59. The van der Waals surface area contributed by atoms with E-state index in [-0.39, 0.29) is 13.2 Å². The van der Waals surface area contributed by atoms with Crippen LogP contribution in [0.15, 0.2) is 30.5 Å². The summed E-state index contributed by atoms with van der Waals surface area (Å²) in [6, 6.07) is 7.16. The summed E-state index contributed by atoms with van der Waals surface area (Å²) in [7, 11) is 0. The zero-order chi connectivity index (χ0) is 13.1. The summed E-state index contributed by atoms with van der Waals surface area (Å²) < 4.78 is 6.49. The van der Waals surface area contributed by atoms with Crippen LogP contribution in [0.4, 0.5) is 0 Å². The number of hydrogen-bond donors (Lipinski definition) is 1. The molecule has 0 bridgehead atoms. The van der Waals surface area contributed by atoms with E-state index in [1.54, 1.807) is 31.2 Å². The van der Waals surface area contributed by atoms with Gasteiger partial charge in [-0.3, -0.25) is 4.79 Å². The average molecular weight is 247 g/mol. The first-order chi connectivity index (χ1) is 8.63. The highest BCUT2D eigenvalue weighted by Crippen LogP contribution is 2.22. The zero-order valence-corrected chi connectivity index (χ0v) is 9.92. The molecule has 2 aromatic rings. The van der Waals surface area contributed by atoms with E-state index in [0.29, 0.717) is 16.5 Å². The zero-order valence-electron chi connectivity index (χ0n) is 9.92. The minimum absolute atomic E-state index is 0.181. The molecule has 1 heterocycles. The lowest BCUT2D eigenvalue weighted by Crippen LogP contribution is -2.08. The first-order valence-electron chi connectivity index (χ1n) is 5.60. The fraction of sp³-hybridized carbons (Fsp3) is 0.231.